The van der Waals surface area contributed by atoms with Crippen molar-refractivity contribution in [2.45, 2.75) is 6.61 Å². The van der Waals surface area contributed by atoms with Crippen LogP contribution < -0.4 is 9.47 Å². The first-order valence-corrected chi connectivity index (χ1v) is 6.13. The van der Waals surface area contributed by atoms with Gasteiger partial charge in [-0.15, -0.1) is 0 Å². The molecule has 0 fully saturated rings. The third-order valence-electron chi connectivity index (χ3n) is 2.89. The van der Waals surface area contributed by atoms with Crippen molar-refractivity contribution in [3.63, 3.8) is 0 Å². The van der Waals surface area contributed by atoms with E-state index in [1.54, 1.807) is 18.2 Å². The lowest BCUT2D eigenvalue weighted by molar-refractivity contribution is 0.111. The molecule has 2 rings (SSSR count). The number of benzene rings is 2. The van der Waals surface area contributed by atoms with Crippen LogP contribution >= 0.6 is 0 Å². The molecular weight excluding hydrogens is 273 g/mol. The number of carbonyl (C=O) groups excluding carboxylic acids is 1. The SMILES string of the molecule is COc1ccc(COc2c(F)cccc2C=O)cc1C#N. The van der Waals surface area contributed by atoms with Crippen LogP contribution in [0, 0.1) is 17.1 Å². The third kappa shape index (κ3) is 3.18. The second-order valence-electron chi connectivity index (χ2n) is 4.21. The van der Waals surface area contributed by atoms with E-state index in [4.69, 9.17) is 14.7 Å². The van der Waals surface area contributed by atoms with Gasteiger partial charge in [0.15, 0.2) is 17.9 Å². The van der Waals surface area contributed by atoms with Crippen molar-refractivity contribution >= 4 is 6.29 Å². The Morgan fingerprint density at radius 3 is 2.81 bits per heavy atom. The van der Waals surface area contributed by atoms with Gasteiger partial charge < -0.3 is 9.47 Å². The fourth-order valence-corrected chi connectivity index (χ4v) is 1.86. The van der Waals surface area contributed by atoms with Crippen molar-refractivity contribution in [3.05, 3.63) is 58.9 Å². The number of carbonyl (C=O) groups is 1. The Kier molecular flexibility index (Phi) is 4.52. The highest BCUT2D eigenvalue weighted by atomic mass is 19.1. The maximum Gasteiger partial charge on any atom is 0.165 e. The number of aldehydes is 1. The quantitative estimate of drug-likeness (QED) is 0.792. The van der Waals surface area contributed by atoms with Gasteiger partial charge in [0.2, 0.25) is 0 Å². The molecule has 0 bridgehead atoms. The molecule has 21 heavy (non-hydrogen) atoms. The number of rotatable bonds is 5. The summed E-state index contributed by atoms with van der Waals surface area (Å²) in [7, 11) is 1.47. The first kappa shape index (κ1) is 14.5. The van der Waals surface area contributed by atoms with E-state index in [-0.39, 0.29) is 17.9 Å². The van der Waals surface area contributed by atoms with Gasteiger partial charge in [0.25, 0.3) is 0 Å². The van der Waals surface area contributed by atoms with Crippen LogP contribution in [-0.4, -0.2) is 13.4 Å². The predicted molar refractivity (Wildman–Crippen MR) is 73.8 cm³/mol. The van der Waals surface area contributed by atoms with E-state index in [2.05, 4.69) is 0 Å². The molecule has 0 aliphatic carbocycles. The van der Waals surface area contributed by atoms with Crippen LogP contribution in [-0.2, 0) is 6.61 Å². The maximum atomic E-state index is 13.6. The minimum atomic E-state index is -0.603. The monoisotopic (exact) mass is 285 g/mol. The molecule has 4 nitrogen and oxygen atoms in total. The van der Waals surface area contributed by atoms with Crippen molar-refractivity contribution in [1.82, 2.24) is 0 Å². The van der Waals surface area contributed by atoms with Crippen molar-refractivity contribution < 1.29 is 18.7 Å². The Morgan fingerprint density at radius 1 is 1.33 bits per heavy atom. The molecule has 0 aromatic heterocycles. The van der Waals surface area contributed by atoms with Gasteiger partial charge in [-0.25, -0.2) is 4.39 Å². The molecular formula is C16H12FNO3. The first-order valence-electron chi connectivity index (χ1n) is 6.13. The number of hydrogen-bond donors (Lipinski definition) is 0. The smallest absolute Gasteiger partial charge is 0.165 e. The van der Waals surface area contributed by atoms with Gasteiger partial charge in [-0.05, 0) is 29.8 Å². The van der Waals surface area contributed by atoms with Gasteiger partial charge in [-0.2, -0.15) is 5.26 Å². The minimum Gasteiger partial charge on any atom is -0.495 e. The third-order valence-corrected chi connectivity index (χ3v) is 2.89. The van der Waals surface area contributed by atoms with E-state index >= 15 is 0 Å². The van der Waals surface area contributed by atoms with E-state index in [9.17, 15) is 9.18 Å². The van der Waals surface area contributed by atoms with Gasteiger partial charge >= 0.3 is 0 Å². The van der Waals surface area contributed by atoms with Crippen molar-refractivity contribution in [2.24, 2.45) is 0 Å². The normalized spacial score (nSPS) is 9.76. The van der Waals surface area contributed by atoms with Crippen molar-refractivity contribution in [1.29, 1.82) is 5.26 Å². The molecule has 0 atom stereocenters. The van der Waals surface area contributed by atoms with Crippen LogP contribution in [0.2, 0.25) is 0 Å². The van der Waals surface area contributed by atoms with Gasteiger partial charge in [-0.3, -0.25) is 4.79 Å². The Balaban J connectivity index is 2.21. The summed E-state index contributed by atoms with van der Waals surface area (Å²) in [4.78, 5) is 10.9. The standard InChI is InChI=1S/C16H12FNO3/c1-20-15-6-5-11(7-13(15)8-18)10-21-16-12(9-19)3-2-4-14(16)17/h2-7,9H,10H2,1H3. The molecule has 0 heterocycles. The fraction of sp³-hybridized carbons (Fsp3) is 0.125. The van der Waals surface area contributed by atoms with Crippen molar-refractivity contribution in [2.75, 3.05) is 7.11 Å². The number of para-hydroxylation sites is 1. The summed E-state index contributed by atoms with van der Waals surface area (Å²) in [6, 6.07) is 11.1. The predicted octanol–water partition coefficient (Wildman–Crippen LogP) is 3.10. The molecule has 0 N–H and O–H groups in total. The molecule has 0 unspecified atom stereocenters. The molecule has 2 aromatic carbocycles. The van der Waals surface area contributed by atoms with Crippen LogP contribution in [0.5, 0.6) is 11.5 Å². The zero-order valence-corrected chi connectivity index (χ0v) is 11.3. The zero-order valence-electron chi connectivity index (χ0n) is 11.3. The fourth-order valence-electron chi connectivity index (χ4n) is 1.86. The molecule has 0 aliphatic rings. The Hall–Kier alpha value is -2.87. The molecule has 2 aromatic rings. The molecule has 0 amide bonds. The highest BCUT2D eigenvalue weighted by Gasteiger charge is 2.10. The van der Waals surface area contributed by atoms with Gasteiger partial charge in [0.1, 0.15) is 18.4 Å². The second-order valence-corrected chi connectivity index (χ2v) is 4.21. The average molecular weight is 285 g/mol. The summed E-state index contributed by atoms with van der Waals surface area (Å²) < 4.78 is 24.0. The summed E-state index contributed by atoms with van der Waals surface area (Å²) >= 11 is 0. The van der Waals surface area contributed by atoms with E-state index in [0.29, 0.717) is 23.2 Å². The lowest BCUT2D eigenvalue weighted by Crippen LogP contribution is -2.01. The second kappa shape index (κ2) is 6.53. The molecule has 0 saturated carbocycles. The summed E-state index contributed by atoms with van der Waals surface area (Å²) in [5, 5.41) is 9.01. The maximum absolute atomic E-state index is 13.6. The number of methoxy groups -OCH3 is 1. The van der Waals surface area contributed by atoms with Crippen LogP contribution in [0.4, 0.5) is 4.39 Å². The van der Waals surface area contributed by atoms with E-state index in [1.165, 1.54) is 25.3 Å². The van der Waals surface area contributed by atoms with Crippen LogP contribution in [0.1, 0.15) is 21.5 Å². The molecule has 0 aliphatic heterocycles. The van der Waals surface area contributed by atoms with Gasteiger partial charge in [0, 0.05) is 0 Å². The average Bonchev–Trinajstić information content (AvgIpc) is 2.53. The lowest BCUT2D eigenvalue weighted by Gasteiger charge is -2.10. The minimum absolute atomic E-state index is 0.0421. The van der Waals surface area contributed by atoms with Crippen LogP contribution in [0.3, 0.4) is 0 Å². The highest BCUT2D eigenvalue weighted by Crippen LogP contribution is 2.24. The lowest BCUT2D eigenvalue weighted by atomic mass is 10.1. The molecule has 5 heteroatoms. The summed E-state index contributed by atoms with van der Waals surface area (Å²) in [5.41, 5.74) is 1.18. The zero-order chi connectivity index (χ0) is 15.2. The van der Waals surface area contributed by atoms with E-state index in [0.717, 1.165) is 0 Å². The number of nitrogens with zero attached hydrogens (tertiary/aromatic N) is 1. The van der Waals surface area contributed by atoms with Gasteiger partial charge in [0.05, 0.1) is 18.2 Å². The van der Waals surface area contributed by atoms with Crippen LogP contribution in [0.25, 0.3) is 0 Å². The molecule has 0 spiro atoms. The molecule has 106 valence electrons. The Bertz CT molecular complexity index is 707. The summed E-state index contributed by atoms with van der Waals surface area (Å²) in [5.74, 6) is -0.240. The summed E-state index contributed by atoms with van der Waals surface area (Å²) in [6.45, 7) is 0.0421. The van der Waals surface area contributed by atoms with Crippen LogP contribution in [0.15, 0.2) is 36.4 Å². The molecule has 0 saturated heterocycles. The van der Waals surface area contributed by atoms with E-state index < -0.39 is 5.82 Å². The number of halogens is 1. The largest absolute Gasteiger partial charge is 0.495 e. The Labute approximate surface area is 121 Å². The summed E-state index contributed by atoms with van der Waals surface area (Å²) in [6.07, 6.45) is 0.535. The topological polar surface area (TPSA) is 59.3 Å². The number of ether oxygens (including phenoxy) is 2. The number of hydrogen-bond acceptors (Lipinski definition) is 4. The van der Waals surface area contributed by atoms with Gasteiger partial charge in [-0.1, -0.05) is 12.1 Å². The van der Waals surface area contributed by atoms with E-state index in [1.807, 2.05) is 6.07 Å². The highest BCUT2D eigenvalue weighted by molar-refractivity contribution is 5.79. The molecule has 0 radical (unpaired) electrons. The number of nitriles is 1. The first-order chi connectivity index (χ1) is 10.2. The van der Waals surface area contributed by atoms with Crippen molar-refractivity contribution in [3.8, 4) is 17.6 Å². The Morgan fingerprint density at radius 2 is 2.14 bits per heavy atom.